The highest BCUT2D eigenvalue weighted by atomic mass is 32.2. The van der Waals surface area contributed by atoms with Gasteiger partial charge in [-0.25, -0.2) is 8.42 Å². The maximum Gasteiger partial charge on any atom is 0.144 e. The summed E-state index contributed by atoms with van der Waals surface area (Å²) >= 11 is 0. The van der Waals surface area contributed by atoms with Gasteiger partial charge in [0.2, 0.25) is 0 Å². The van der Waals surface area contributed by atoms with Gasteiger partial charge in [-0.15, -0.1) is 0 Å². The minimum atomic E-state index is -2.36. The van der Waals surface area contributed by atoms with Crippen molar-refractivity contribution in [2.75, 3.05) is 0 Å². The first-order chi connectivity index (χ1) is 6.75. The zero-order valence-corrected chi connectivity index (χ0v) is 8.20. The molecule has 1 aromatic carbocycles. The maximum absolute atomic E-state index is 10.5. The molecule has 2 rings (SSSR count). The van der Waals surface area contributed by atoms with Gasteiger partial charge in [-0.1, -0.05) is 6.07 Å². The van der Waals surface area contributed by atoms with Gasteiger partial charge in [-0.05, 0) is 23.8 Å². The molecular weight excluding hydrogens is 198 g/mol. The summed E-state index contributed by atoms with van der Waals surface area (Å²) in [5.74, 6) is 0.0835. The molecule has 0 saturated carbocycles. The fraction of sp³-hybridized carbons (Fsp3) is 0.100. The molecule has 1 aromatic heterocycles. The van der Waals surface area contributed by atoms with E-state index in [0.717, 1.165) is 16.5 Å². The number of thiol groups is 1. The van der Waals surface area contributed by atoms with Crippen molar-refractivity contribution in [2.24, 2.45) is 0 Å². The Morgan fingerprint density at radius 1 is 1.36 bits per heavy atom. The smallest absolute Gasteiger partial charge is 0.144 e. The first-order valence-electron chi connectivity index (χ1n) is 4.12. The summed E-state index contributed by atoms with van der Waals surface area (Å²) in [5.41, 5.74) is 1.64. The molecule has 3 nitrogen and oxygen atoms in total. The van der Waals surface area contributed by atoms with Gasteiger partial charge in [0, 0.05) is 17.6 Å². The minimum absolute atomic E-state index is 0.0835. The summed E-state index contributed by atoms with van der Waals surface area (Å²) in [4.78, 5) is 4.09. The summed E-state index contributed by atoms with van der Waals surface area (Å²) in [7, 11) is -2.36. The molecule has 0 aliphatic rings. The standard InChI is InChI=1S/C10H8NO2S/c12-14(13)7-8-3-4-10-9(6-8)2-1-5-11-10/h2-6,14H,7H2. The second-order valence-corrected chi connectivity index (χ2v) is 3.93. The van der Waals surface area contributed by atoms with Crippen molar-refractivity contribution in [1.82, 2.24) is 4.98 Å². The van der Waals surface area contributed by atoms with E-state index in [1.54, 1.807) is 18.3 Å². The van der Waals surface area contributed by atoms with Crippen molar-refractivity contribution in [3.8, 4) is 0 Å². The van der Waals surface area contributed by atoms with E-state index in [-0.39, 0.29) is 5.75 Å². The average Bonchev–Trinajstić information content (AvgIpc) is 2.17. The molecule has 0 spiro atoms. The van der Waals surface area contributed by atoms with Crippen LogP contribution in [0.4, 0.5) is 0 Å². The summed E-state index contributed by atoms with van der Waals surface area (Å²) in [6.07, 6.45) is 1.59. The highest BCUT2D eigenvalue weighted by Gasteiger charge is 1.97. The van der Waals surface area contributed by atoms with Crippen LogP contribution < -0.4 is 0 Å². The van der Waals surface area contributed by atoms with Crippen molar-refractivity contribution < 1.29 is 8.42 Å². The summed E-state index contributed by atoms with van der Waals surface area (Å²) in [6.45, 7) is 0. The van der Waals surface area contributed by atoms with Crippen molar-refractivity contribution in [2.45, 2.75) is 5.75 Å². The fourth-order valence-corrected chi connectivity index (χ4v) is 1.81. The summed E-state index contributed by atoms with van der Waals surface area (Å²) in [6, 6.07) is 10.1. The van der Waals surface area contributed by atoms with Crippen LogP contribution >= 0.6 is 0 Å². The van der Waals surface area contributed by atoms with E-state index in [4.69, 9.17) is 0 Å². The predicted molar refractivity (Wildman–Crippen MR) is 54.6 cm³/mol. The van der Waals surface area contributed by atoms with Gasteiger partial charge in [0.05, 0.1) is 11.3 Å². The number of pyridine rings is 1. The first-order valence-corrected chi connectivity index (χ1v) is 5.48. The Kier molecular flexibility index (Phi) is 2.45. The zero-order valence-electron chi connectivity index (χ0n) is 7.30. The Morgan fingerprint density at radius 2 is 2.21 bits per heavy atom. The number of rotatable bonds is 2. The van der Waals surface area contributed by atoms with Crippen molar-refractivity contribution >= 4 is 21.6 Å². The van der Waals surface area contributed by atoms with E-state index in [1.165, 1.54) is 0 Å². The lowest BCUT2D eigenvalue weighted by atomic mass is 10.1. The second kappa shape index (κ2) is 3.75. The Labute approximate surface area is 83.4 Å². The summed E-state index contributed by atoms with van der Waals surface area (Å²) < 4.78 is 21.0. The van der Waals surface area contributed by atoms with E-state index >= 15 is 0 Å². The number of aromatic nitrogens is 1. The molecule has 0 amide bonds. The first kappa shape index (κ1) is 9.15. The third-order valence-electron chi connectivity index (χ3n) is 1.92. The molecule has 0 aliphatic carbocycles. The molecule has 1 radical (unpaired) electrons. The second-order valence-electron chi connectivity index (χ2n) is 2.95. The van der Waals surface area contributed by atoms with E-state index in [9.17, 15) is 8.42 Å². The molecule has 0 saturated heterocycles. The van der Waals surface area contributed by atoms with Gasteiger partial charge in [0.1, 0.15) is 10.7 Å². The molecule has 0 atom stereocenters. The molecular formula is C10H8NO2S. The number of fused-ring (bicyclic) bond motifs is 1. The zero-order chi connectivity index (χ0) is 9.97. The van der Waals surface area contributed by atoms with Crippen molar-refractivity contribution in [3.05, 3.63) is 42.1 Å². The molecule has 0 unspecified atom stereocenters. The van der Waals surface area contributed by atoms with Gasteiger partial charge in [0.25, 0.3) is 0 Å². The van der Waals surface area contributed by atoms with Gasteiger partial charge in [0.15, 0.2) is 0 Å². The van der Waals surface area contributed by atoms with Crippen LogP contribution in [0.25, 0.3) is 10.9 Å². The number of hydrogen-bond acceptors (Lipinski definition) is 3. The number of benzene rings is 1. The fourth-order valence-electron chi connectivity index (χ4n) is 1.32. The minimum Gasteiger partial charge on any atom is -0.256 e. The lowest BCUT2D eigenvalue weighted by molar-refractivity contribution is 0.614. The number of nitrogens with zero attached hydrogens (tertiary/aromatic N) is 1. The van der Waals surface area contributed by atoms with Gasteiger partial charge >= 0.3 is 0 Å². The van der Waals surface area contributed by atoms with Crippen LogP contribution in [-0.4, -0.2) is 13.4 Å². The van der Waals surface area contributed by atoms with Crippen LogP contribution in [0, 0.1) is 6.07 Å². The van der Waals surface area contributed by atoms with E-state index < -0.39 is 10.7 Å². The van der Waals surface area contributed by atoms with Crippen molar-refractivity contribution in [3.63, 3.8) is 0 Å². The molecule has 0 fully saturated rings. The highest BCUT2D eigenvalue weighted by molar-refractivity contribution is 7.71. The van der Waals surface area contributed by atoms with Crippen LogP contribution in [0.3, 0.4) is 0 Å². The largest absolute Gasteiger partial charge is 0.256 e. The Bertz CT molecular complexity index is 526. The maximum atomic E-state index is 10.5. The molecule has 14 heavy (non-hydrogen) atoms. The van der Waals surface area contributed by atoms with Gasteiger partial charge in [-0.2, -0.15) is 0 Å². The lowest BCUT2D eigenvalue weighted by Gasteiger charge is -1.98. The van der Waals surface area contributed by atoms with E-state index in [2.05, 4.69) is 11.1 Å². The van der Waals surface area contributed by atoms with Crippen LogP contribution in [0.15, 0.2) is 30.5 Å². The third kappa shape index (κ3) is 1.90. The SMILES string of the molecule is O=[SH](=O)Cc1ccc2nc[c]cc2c1. The lowest BCUT2D eigenvalue weighted by Crippen LogP contribution is -1.87. The predicted octanol–water partition coefficient (Wildman–Crippen LogP) is 1.15. The van der Waals surface area contributed by atoms with Gasteiger partial charge in [-0.3, -0.25) is 4.98 Å². The third-order valence-corrected chi connectivity index (χ3v) is 2.54. The van der Waals surface area contributed by atoms with Crippen LogP contribution in [0.2, 0.25) is 0 Å². The van der Waals surface area contributed by atoms with Crippen LogP contribution in [0.1, 0.15) is 5.56 Å². The molecule has 71 valence electrons. The van der Waals surface area contributed by atoms with E-state index in [0.29, 0.717) is 0 Å². The monoisotopic (exact) mass is 206 g/mol. The summed E-state index contributed by atoms with van der Waals surface area (Å²) in [5, 5.41) is 0.918. The molecule has 0 N–H and O–H groups in total. The topological polar surface area (TPSA) is 47.0 Å². The normalized spacial score (nSPS) is 10.9. The Morgan fingerprint density at radius 3 is 3.00 bits per heavy atom. The van der Waals surface area contributed by atoms with E-state index in [1.807, 2.05) is 12.1 Å². The molecule has 0 bridgehead atoms. The number of hydrogen-bond donors (Lipinski definition) is 1. The van der Waals surface area contributed by atoms with Crippen LogP contribution in [0.5, 0.6) is 0 Å². The molecule has 0 aliphatic heterocycles. The molecule has 2 aromatic rings. The Hall–Kier alpha value is -1.42. The average molecular weight is 206 g/mol. The molecule has 4 heteroatoms. The molecule has 1 heterocycles. The Balaban J connectivity index is 2.51. The van der Waals surface area contributed by atoms with Crippen LogP contribution in [-0.2, 0) is 16.5 Å². The quantitative estimate of drug-likeness (QED) is 0.750. The van der Waals surface area contributed by atoms with Crippen molar-refractivity contribution in [1.29, 1.82) is 0 Å². The van der Waals surface area contributed by atoms with Gasteiger partial charge < -0.3 is 0 Å². The highest BCUT2D eigenvalue weighted by Crippen LogP contribution is 2.13.